The van der Waals surface area contributed by atoms with E-state index in [0.717, 1.165) is 25.7 Å². The summed E-state index contributed by atoms with van der Waals surface area (Å²) >= 11 is 0. The number of carboxylic acid groups (broad SMARTS) is 1. The molecule has 2 atom stereocenters. The molecule has 0 saturated heterocycles. The van der Waals surface area contributed by atoms with Crippen molar-refractivity contribution in [1.82, 2.24) is 0 Å². The third-order valence-electron chi connectivity index (χ3n) is 3.01. The van der Waals surface area contributed by atoms with Crippen molar-refractivity contribution < 1.29 is 14.1 Å². The average Bonchev–Trinajstić information content (AvgIpc) is 2.23. The normalized spacial score (nSPS) is 15.8. The predicted octanol–water partition coefficient (Wildman–Crippen LogP) is 2.81. The molecule has 0 aliphatic carbocycles. The molecular weight excluding hydrogens is 224 g/mol. The molecule has 0 aromatic heterocycles. The minimum atomic E-state index is -1.29. The highest BCUT2D eigenvalue weighted by Gasteiger charge is 2.35. The van der Waals surface area contributed by atoms with Gasteiger partial charge in [-0.05, 0) is 26.2 Å². The van der Waals surface area contributed by atoms with E-state index in [4.69, 9.17) is 5.11 Å². The van der Waals surface area contributed by atoms with Crippen LogP contribution in [0.2, 0.25) is 0 Å². The van der Waals surface area contributed by atoms with E-state index in [2.05, 4.69) is 13.8 Å². The molecule has 0 amide bonds. The second-order valence-corrected chi connectivity index (χ2v) is 6.79. The van der Waals surface area contributed by atoms with Gasteiger partial charge in [0.05, 0.1) is 0 Å². The molecule has 0 bridgehead atoms. The average molecular weight is 248 g/mol. The minimum Gasteiger partial charge on any atom is -0.480 e. The summed E-state index contributed by atoms with van der Waals surface area (Å²) in [5.41, 5.74) is 0. The largest absolute Gasteiger partial charge is 0.480 e. The van der Waals surface area contributed by atoms with Gasteiger partial charge in [-0.15, -0.1) is 0 Å². The van der Waals surface area contributed by atoms with Crippen molar-refractivity contribution in [1.29, 1.82) is 0 Å². The molecule has 96 valence electrons. The first-order valence-corrected chi connectivity index (χ1v) is 7.30. The molecule has 0 saturated carbocycles. The lowest BCUT2D eigenvalue weighted by molar-refractivity contribution is -0.139. The predicted molar refractivity (Wildman–Crippen MR) is 68.0 cm³/mol. The Morgan fingerprint density at radius 1 is 1.38 bits per heavy atom. The summed E-state index contributed by atoms with van der Waals surface area (Å²) in [5.74, 6) is -0.0777. The molecule has 0 aliphatic heterocycles. The highest BCUT2D eigenvalue weighted by Crippen LogP contribution is 2.20. The van der Waals surface area contributed by atoms with Gasteiger partial charge in [0, 0.05) is 16.6 Å². The van der Waals surface area contributed by atoms with Gasteiger partial charge in [-0.2, -0.15) is 0 Å². The van der Waals surface area contributed by atoms with Crippen molar-refractivity contribution in [2.45, 2.75) is 58.1 Å². The number of carboxylic acids is 1. The third kappa shape index (κ3) is 4.64. The Bertz CT molecular complexity index is 249. The van der Waals surface area contributed by atoms with Crippen LogP contribution >= 0.6 is 0 Å². The number of aliphatic carboxylic acids is 1. The van der Waals surface area contributed by atoms with Gasteiger partial charge in [-0.1, -0.05) is 33.1 Å². The van der Waals surface area contributed by atoms with Gasteiger partial charge in [0.15, 0.2) is 0 Å². The van der Waals surface area contributed by atoms with Crippen LogP contribution in [-0.2, 0) is 15.6 Å². The van der Waals surface area contributed by atoms with Crippen molar-refractivity contribution in [3.05, 3.63) is 0 Å². The van der Waals surface area contributed by atoms with Crippen LogP contribution in [0.5, 0.6) is 0 Å². The van der Waals surface area contributed by atoms with Gasteiger partial charge >= 0.3 is 5.97 Å². The fourth-order valence-corrected chi connectivity index (χ4v) is 2.86. The van der Waals surface area contributed by atoms with E-state index in [-0.39, 0.29) is 0 Å². The minimum absolute atomic E-state index is 0.388. The lowest BCUT2D eigenvalue weighted by Gasteiger charge is -2.22. The van der Waals surface area contributed by atoms with E-state index in [1.54, 1.807) is 0 Å². The maximum atomic E-state index is 12.0. The van der Waals surface area contributed by atoms with Crippen LogP contribution < -0.4 is 0 Å². The molecule has 16 heavy (non-hydrogen) atoms. The van der Waals surface area contributed by atoms with Gasteiger partial charge < -0.3 is 5.11 Å². The Labute approximate surface area is 101 Å². The Hall–Kier alpha value is -0.380. The van der Waals surface area contributed by atoms with Gasteiger partial charge in [-0.25, -0.2) is 0 Å². The monoisotopic (exact) mass is 248 g/mol. The standard InChI is InChI=1S/C12H24O3S/c1-5-7-8-10(6-2)9-16(15)12(3,4)11(13)14/h10H,5-9H2,1-4H3,(H,13,14). The smallest absolute Gasteiger partial charge is 0.321 e. The summed E-state index contributed by atoms with van der Waals surface area (Å²) in [6.07, 6.45) is 4.28. The molecule has 0 fully saturated rings. The van der Waals surface area contributed by atoms with Crippen molar-refractivity contribution >= 4 is 16.8 Å². The zero-order valence-corrected chi connectivity index (χ0v) is 11.6. The van der Waals surface area contributed by atoms with Crippen molar-refractivity contribution in [3.8, 4) is 0 Å². The van der Waals surface area contributed by atoms with Gasteiger partial charge in [-0.3, -0.25) is 9.00 Å². The van der Waals surface area contributed by atoms with Crippen LogP contribution in [0, 0.1) is 5.92 Å². The van der Waals surface area contributed by atoms with Gasteiger partial charge in [0.25, 0.3) is 0 Å². The summed E-state index contributed by atoms with van der Waals surface area (Å²) in [7, 11) is -1.29. The first-order chi connectivity index (χ1) is 7.36. The number of hydrogen-bond donors (Lipinski definition) is 1. The van der Waals surface area contributed by atoms with Crippen LogP contribution in [0.1, 0.15) is 53.4 Å². The van der Waals surface area contributed by atoms with E-state index >= 15 is 0 Å². The molecule has 0 heterocycles. The topological polar surface area (TPSA) is 54.4 Å². The SMILES string of the molecule is CCCCC(CC)CS(=O)C(C)(C)C(=O)O. The van der Waals surface area contributed by atoms with E-state index in [9.17, 15) is 9.00 Å². The van der Waals surface area contributed by atoms with E-state index in [1.807, 2.05) is 0 Å². The first-order valence-electron chi connectivity index (χ1n) is 5.98. The first kappa shape index (κ1) is 15.6. The van der Waals surface area contributed by atoms with Gasteiger partial charge in [0.2, 0.25) is 0 Å². The Balaban J connectivity index is 4.35. The Morgan fingerprint density at radius 3 is 2.31 bits per heavy atom. The van der Waals surface area contributed by atoms with Crippen molar-refractivity contribution in [2.75, 3.05) is 5.75 Å². The molecule has 0 radical (unpaired) electrons. The molecule has 1 N–H and O–H groups in total. The molecule has 3 nitrogen and oxygen atoms in total. The molecular formula is C12H24O3S. The van der Waals surface area contributed by atoms with E-state index in [1.165, 1.54) is 13.8 Å². The van der Waals surface area contributed by atoms with Crippen LogP contribution in [0.25, 0.3) is 0 Å². The maximum absolute atomic E-state index is 12.0. The summed E-state index contributed by atoms with van der Waals surface area (Å²) in [5, 5.41) is 8.98. The molecule has 0 aromatic carbocycles. The summed E-state index contributed by atoms with van der Waals surface area (Å²) in [6, 6.07) is 0. The second kappa shape index (κ2) is 7.05. The van der Waals surface area contributed by atoms with Crippen LogP contribution in [0.3, 0.4) is 0 Å². The Kier molecular flexibility index (Phi) is 6.88. The van der Waals surface area contributed by atoms with Crippen LogP contribution in [-0.4, -0.2) is 25.8 Å². The summed E-state index contributed by atoms with van der Waals surface area (Å²) in [6.45, 7) is 7.28. The zero-order chi connectivity index (χ0) is 12.8. The molecule has 0 spiro atoms. The second-order valence-electron chi connectivity index (χ2n) is 4.74. The molecule has 0 aromatic rings. The molecule has 2 unspecified atom stereocenters. The summed E-state index contributed by atoms with van der Waals surface area (Å²) < 4.78 is 10.8. The number of hydrogen-bond acceptors (Lipinski definition) is 2. The van der Waals surface area contributed by atoms with Crippen molar-refractivity contribution in [2.24, 2.45) is 5.92 Å². The quantitative estimate of drug-likeness (QED) is 0.718. The highest BCUT2D eigenvalue weighted by molar-refractivity contribution is 7.87. The maximum Gasteiger partial charge on any atom is 0.321 e. The summed E-state index contributed by atoms with van der Waals surface area (Å²) in [4.78, 5) is 11.0. The van der Waals surface area contributed by atoms with E-state index in [0.29, 0.717) is 11.7 Å². The highest BCUT2D eigenvalue weighted by atomic mass is 32.2. The molecule has 0 rings (SSSR count). The van der Waals surface area contributed by atoms with Gasteiger partial charge in [0.1, 0.15) is 4.75 Å². The number of unbranched alkanes of at least 4 members (excludes halogenated alkanes) is 1. The van der Waals surface area contributed by atoms with E-state index < -0.39 is 21.5 Å². The third-order valence-corrected chi connectivity index (χ3v) is 5.10. The Morgan fingerprint density at radius 2 is 1.94 bits per heavy atom. The number of carbonyl (C=O) groups is 1. The zero-order valence-electron chi connectivity index (χ0n) is 10.8. The van der Waals surface area contributed by atoms with Crippen molar-refractivity contribution in [3.63, 3.8) is 0 Å². The lowest BCUT2D eigenvalue weighted by atomic mass is 10.0. The molecule has 0 aliphatic rings. The number of rotatable bonds is 8. The van der Waals surface area contributed by atoms with Crippen LogP contribution in [0.4, 0.5) is 0 Å². The fourth-order valence-electron chi connectivity index (χ4n) is 1.42. The fraction of sp³-hybridized carbons (Fsp3) is 0.917. The van der Waals surface area contributed by atoms with Crippen LogP contribution in [0.15, 0.2) is 0 Å². The lowest BCUT2D eigenvalue weighted by Crippen LogP contribution is -2.39. The molecule has 4 heteroatoms.